The van der Waals surface area contributed by atoms with Gasteiger partial charge in [-0.05, 0) is 43.5 Å². The van der Waals surface area contributed by atoms with E-state index in [2.05, 4.69) is 9.97 Å². The Bertz CT molecular complexity index is 898. The molecule has 126 valence electrons. The summed E-state index contributed by atoms with van der Waals surface area (Å²) in [7, 11) is -1.98. The van der Waals surface area contributed by atoms with E-state index < -0.39 is 10.0 Å². The highest BCUT2D eigenvalue weighted by Gasteiger charge is 2.47. The summed E-state index contributed by atoms with van der Waals surface area (Å²) < 4.78 is 33.4. The maximum Gasteiger partial charge on any atom is 0.243 e. The van der Waals surface area contributed by atoms with Crippen molar-refractivity contribution in [3.05, 3.63) is 47.5 Å². The first-order chi connectivity index (χ1) is 11.5. The molecule has 2 aromatic rings. The summed E-state index contributed by atoms with van der Waals surface area (Å²) in [6, 6.07) is 4.84. The second-order valence-electron chi connectivity index (χ2n) is 6.34. The van der Waals surface area contributed by atoms with Crippen LogP contribution in [0, 0.1) is 6.92 Å². The van der Waals surface area contributed by atoms with Crippen molar-refractivity contribution in [2.75, 3.05) is 7.11 Å². The van der Waals surface area contributed by atoms with Gasteiger partial charge >= 0.3 is 0 Å². The van der Waals surface area contributed by atoms with Gasteiger partial charge in [0.2, 0.25) is 10.0 Å². The quantitative estimate of drug-likeness (QED) is 0.853. The summed E-state index contributed by atoms with van der Waals surface area (Å²) in [6.07, 6.45) is 5.63. The van der Waals surface area contributed by atoms with Crippen molar-refractivity contribution < 1.29 is 13.2 Å². The normalized spacial score (nSPS) is 23.1. The van der Waals surface area contributed by atoms with Crippen LogP contribution in [0.1, 0.15) is 35.7 Å². The maximum absolute atomic E-state index is 13.3. The van der Waals surface area contributed by atoms with E-state index in [1.807, 2.05) is 6.92 Å². The summed E-state index contributed by atoms with van der Waals surface area (Å²) in [5.74, 6) is 0.689. The Morgan fingerprint density at radius 2 is 2.12 bits per heavy atom. The Hall–Kier alpha value is -1.99. The van der Waals surface area contributed by atoms with Gasteiger partial charge in [0.1, 0.15) is 12.1 Å². The number of aryl methyl sites for hydroxylation is 1. The standard InChI is InChI=1S/C17H19N3O3S/c1-11-7-13(4-6-17(11)23-2)24(21,22)20-12-3-5-16(20)14-9-18-10-19-15(14)8-12/h4,6-7,9-10,12,16H,3,5,8H2,1-2H3/t12-,16-/m0/s1. The molecule has 1 fully saturated rings. The van der Waals surface area contributed by atoms with Gasteiger partial charge in [-0.25, -0.2) is 18.4 Å². The summed E-state index contributed by atoms with van der Waals surface area (Å²) in [6.45, 7) is 1.85. The minimum atomic E-state index is -3.57. The predicted molar refractivity (Wildman–Crippen MR) is 88.3 cm³/mol. The Morgan fingerprint density at radius 1 is 1.29 bits per heavy atom. The lowest BCUT2D eigenvalue weighted by Crippen LogP contribution is -2.42. The second-order valence-corrected chi connectivity index (χ2v) is 8.19. The van der Waals surface area contributed by atoms with Crippen LogP contribution in [0.15, 0.2) is 35.6 Å². The molecule has 2 aliphatic heterocycles. The number of aromatic nitrogens is 2. The lowest BCUT2D eigenvalue weighted by atomic mass is 10.0. The van der Waals surface area contributed by atoms with Gasteiger partial charge in [-0.15, -0.1) is 0 Å². The number of methoxy groups -OCH3 is 1. The van der Waals surface area contributed by atoms with Crippen molar-refractivity contribution in [1.82, 2.24) is 14.3 Å². The predicted octanol–water partition coefficient (Wildman–Crippen LogP) is 2.24. The molecule has 24 heavy (non-hydrogen) atoms. The van der Waals surface area contributed by atoms with Crippen molar-refractivity contribution in [2.24, 2.45) is 0 Å². The molecule has 7 heteroatoms. The van der Waals surface area contributed by atoms with Gasteiger partial charge < -0.3 is 4.74 Å². The summed E-state index contributed by atoms with van der Waals surface area (Å²) >= 11 is 0. The topological polar surface area (TPSA) is 72.4 Å². The molecule has 2 bridgehead atoms. The number of sulfonamides is 1. The Morgan fingerprint density at radius 3 is 2.88 bits per heavy atom. The van der Waals surface area contributed by atoms with E-state index in [0.29, 0.717) is 17.1 Å². The van der Waals surface area contributed by atoms with Gasteiger partial charge in [0.25, 0.3) is 0 Å². The van der Waals surface area contributed by atoms with E-state index in [1.165, 1.54) is 6.33 Å². The molecule has 0 N–H and O–H groups in total. The number of ether oxygens (including phenoxy) is 1. The molecular weight excluding hydrogens is 326 g/mol. The molecule has 0 saturated carbocycles. The molecule has 0 radical (unpaired) electrons. The minimum absolute atomic E-state index is 0.0233. The molecule has 0 amide bonds. The van der Waals surface area contributed by atoms with Gasteiger partial charge in [-0.2, -0.15) is 4.31 Å². The smallest absolute Gasteiger partial charge is 0.243 e. The fraction of sp³-hybridized carbons (Fsp3) is 0.412. The third-order valence-electron chi connectivity index (χ3n) is 5.00. The molecular formula is C17H19N3O3S. The summed E-state index contributed by atoms with van der Waals surface area (Å²) in [4.78, 5) is 8.75. The van der Waals surface area contributed by atoms with E-state index in [4.69, 9.17) is 4.74 Å². The van der Waals surface area contributed by atoms with Crippen LogP contribution in [0.25, 0.3) is 0 Å². The highest BCUT2D eigenvalue weighted by atomic mass is 32.2. The van der Waals surface area contributed by atoms with Crippen LogP contribution in [0.4, 0.5) is 0 Å². The third kappa shape index (κ3) is 2.22. The largest absolute Gasteiger partial charge is 0.496 e. The number of hydrogen-bond donors (Lipinski definition) is 0. The van der Waals surface area contributed by atoms with Gasteiger partial charge in [-0.3, -0.25) is 0 Å². The lowest BCUT2D eigenvalue weighted by molar-refractivity contribution is 0.300. The van der Waals surface area contributed by atoms with Crippen LogP contribution in [-0.2, 0) is 16.4 Å². The SMILES string of the molecule is COc1ccc(S(=O)(=O)N2[C@H]3CC[C@H]2c2cncnc2C3)cc1C. The van der Waals surface area contributed by atoms with Crippen LogP contribution in [-0.4, -0.2) is 35.8 Å². The summed E-state index contributed by atoms with van der Waals surface area (Å²) in [5, 5.41) is 0. The number of benzene rings is 1. The first-order valence-electron chi connectivity index (χ1n) is 7.99. The first kappa shape index (κ1) is 15.5. The average Bonchev–Trinajstić information content (AvgIpc) is 2.91. The van der Waals surface area contributed by atoms with E-state index in [-0.39, 0.29) is 12.1 Å². The molecule has 0 spiro atoms. The highest BCUT2D eigenvalue weighted by Crippen LogP contribution is 2.46. The fourth-order valence-corrected chi connectivity index (χ4v) is 5.81. The van der Waals surface area contributed by atoms with Crippen molar-refractivity contribution in [3.8, 4) is 5.75 Å². The van der Waals surface area contributed by atoms with Crippen molar-refractivity contribution in [2.45, 2.75) is 43.2 Å². The van der Waals surface area contributed by atoms with Crippen LogP contribution in [0.5, 0.6) is 5.75 Å². The zero-order valence-electron chi connectivity index (χ0n) is 13.6. The van der Waals surface area contributed by atoms with Gasteiger partial charge in [0, 0.05) is 24.2 Å². The molecule has 3 heterocycles. The Balaban J connectivity index is 1.77. The lowest BCUT2D eigenvalue weighted by Gasteiger charge is -2.34. The van der Waals surface area contributed by atoms with Gasteiger partial charge in [0.05, 0.1) is 23.7 Å². The van der Waals surface area contributed by atoms with Crippen LogP contribution < -0.4 is 4.74 Å². The first-order valence-corrected chi connectivity index (χ1v) is 9.43. The highest BCUT2D eigenvalue weighted by molar-refractivity contribution is 7.89. The molecule has 1 saturated heterocycles. The van der Waals surface area contributed by atoms with Gasteiger partial charge in [0.15, 0.2) is 0 Å². The number of hydrogen-bond acceptors (Lipinski definition) is 5. The molecule has 6 nitrogen and oxygen atoms in total. The molecule has 4 rings (SSSR count). The van der Waals surface area contributed by atoms with Crippen LogP contribution in [0.2, 0.25) is 0 Å². The van der Waals surface area contributed by atoms with Crippen molar-refractivity contribution in [3.63, 3.8) is 0 Å². The van der Waals surface area contributed by atoms with E-state index in [1.54, 1.807) is 35.8 Å². The zero-order chi connectivity index (χ0) is 16.9. The monoisotopic (exact) mass is 345 g/mol. The second kappa shape index (κ2) is 5.53. The van der Waals surface area contributed by atoms with Crippen molar-refractivity contribution in [1.29, 1.82) is 0 Å². The maximum atomic E-state index is 13.3. The van der Waals surface area contributed by atoms with E-state index in [0.717, 1.165) is 29.7 Å². The van der Waals surface area contributed by atoms with Crippen LogP contribution >= 0.6 is 0 Å². The number of rotatable bonds is 3. The van der Waals surface area contributed by atoms with E-state index in [9.17, 15) is 8.42 Å². The minimum Gasteiger partial charge on any atom is -0.496 e. The Kier molecular flexibility index (Phi) is 3.58. The molecule has 2 aliphatic rings. The molecule has 2 atom stereocenters. The third-order valence-corrected chi connectivity index (χ3v) is 6.95. The number of fused-ring (bicyclic) bond motifs is 4. The summed E-state index contributed by atoms with van der Waals surface area (Å²) in [5.41, 5.74) is 2.74. The fourth-order valence-electron chi connectivity index (χ4n) is 3.88. The van der Waals surface area contributed by atoms with Gasteiger partial charge in [-0.1, -0.05) is 0 Å². The van der Waals surface area contributed by atoms with E-state index >= 15 is 0 Å². The average molecular weight is 345 g/mol. The molecule has 0 aliphatic carbocycles. The zero-order valence-corrected chi connectivity index (χ0v) is 14.5. The molecule has 1 aromatic heterocycles. The van der Waals surface area contributed by atoms with Crippen LogP contribution in [0.3, 0.4) is 0 Å². The van der Waals surface area contributed by atoms with Crippen molar-refractivity contribution >= 4 is 10.0 Å². The number of nitrogens with zero attached hydrogens (tertiary/aromatic N) is 3. The Labute approximate surface area is 141 Å². The molecule has 0 unspecified atom stereocenters. The molecule has 1 aromatic carbocycles.